The third-order valence-corrected chi connectivity index (χ3v) is 2.80. The zero-order valence-electron chi connectivity index (χ0n) is 11.3. The third-order valence-electron chi connectivity index (χ3n) is 2.80. The van der Waals surface area contributed by atoms with Gasteiger partial charge in [-0.05, 0) is 24.3 Å². The van der Waals surface area contributed by atoms with Crippen molar-refractivity contribution in [2.45, 2.75) is 0 Å². The van der Waals surface area contributed by atoms with Gasteiger partial charge in [-0.25, -0.2) is 0 Å². The first-order valence-corrected chi connectivity index (χ1v) is 6.03. The van der Waals surface area contributed by atoms with E-state index in [0.717, 1.165) is 0 Å². The average Bonchev–Trinajstić information content (AvgIpc) is 2.47. The highest BCUT2D eigenvalue weighted by atomic mass is 16.5. The molecule has 0 fully saturated rings. The van der Waals surface area contributed by atoms with Gasteiger partial charge in [0.05, 0.1) is 19.8 Å². The van der Waals surface area contributed by atoms with Gasteiger partial charge in [0, 0.05) is 23.5 Å². The van der Waals surface area contributed by atoms with Crippen molar-refractivity contribution in [3.63, 3.8) is 0 Å². The molecule has 20 heavy (non-hydrogen) atoms. The zero-order valence-corrected chi connectivity index (χ0v) is 11.3. The Morgan fingerprint density at radius 2 is 1.90 bits per heavy atom. The van der Waals surface area contributed by atoms with Crippen molar-refractivity contribution in [3.8, 4) is 11.5 Å². The molecule has 2 aromatic carbocycles. The Morgan fingerprint density at radius 3 is 2.60 bits per heavy atom. The number of nitrogens with one attached hydrogen (secondary N) is 1. The van der Waals surface area contributed by atoms with Crippen LogP contribution in [0.4, 0.5) is 11.4 Å². The molecule has 0 heterocycles. The Morgan fingerprint density at radius 1 is 1.10 bits per heavy atom. The normalized spacial score (nSPS) is 9.90. The van der Waals surface area contributed by atoms with Crippen molar-refractivity contribution >= 4 is 17.3 Å². The summed E-state index contributed by atoms with van der Waals surface area (Å²) < 4.78 is 10.3. The number of hydrogen-bond donors (Lipinski definition) is 2. The Hall–Kier alpha value is -2.69. The smallest absolute Gasteiger partial charge is 0.259 e. The number of hydrogen-bond acceptors (Lipinski definition) is 4. The molecule has 0 aliphatic carbocycles. The standard InChI is InChI=1S/C15H16N2O3/c1-19-12-5-3-4-11(9-12)17-15(18)13-7-6-10(16)8-14(13)20-2/h3-9H,16H2,1-2H3,(H,17,18). The van der Waals surface area contributed by atoms with Crippen LogP contribution in [0.15, 0.2) is 42.5 Å². The lowest BCUT2D eigenvalue weighted by molar-refractivity contribution is 0.102. The fourth-order valence-electron chi connectivity index (χ4n) is 1.79. The highest BCUT2D eigenvalue weighted by Gasteiger charge is 2.12. The van der Waals surface area contributed by atoms with E-state index in [-0.39, 0.29) is 5.91 Å². The maximum absolute atomic E-state index is 12.2. The van der Waals surface area contributed by atoms with Crippen molar-refractivity contribution < 1.29 is 14.3 Å². The minimum Gasteiger partial charge on any atom is -0.497 e. The van der Waals surface area contributed by atoms with Crippen molar-refractivity contribution in [1.29, 1.82) is 0 Å². The number of rotatable bonds is 4. The van der Waals surface area contributed by atoms with Crippen molar-refractivity contribution in [3.05, 3.63) is 48.0 Å². The number of methoxy groups -OCH3 is 2. The molecule has 2 rings (SSSR count). The van der Waals surface area contributed by atoms with E-state index in [1.54, 1.807) is 49.6 Å². The molecule has 3 N–H and O–H groups in total. The van der Waals surface area contributed by atoms with Gasteiger partial charge in [-0.1, -0.05) is 6.07 Å². The molecule has 0 aromatic heterocycles. The van der Waals surface area contributed by atoms with Crippen LogP contribution in [-0.4, -0.2) is 20.1 Å². The van der Waals surface area contributed by atoms with Gasteiger partial charge in [0.25, 0.3) is 5.91 Å². The first kappa shape index (κ1) is 13.7. The Labute approximate surface area is 117 Å². The van der Waals surface area contributed by atoms with Crippen LogP contribution in [0.2, 0.25) is 0 Å². The van der Waals surface area contributed by atoms with Crippen LogP contribution in [0.3, 0.4) is 0 Å². The van der Waals surface area contributed by atoms with Crippen molar-refractivity contribution in [1.82, 2.24) is 0 Å². The van der Waals surface area contributed by atoms with Crippen molar-refractivity contribution in [2.24, 2.45) is 0 Å². The third kappa shape index (κ3) is 3.00. The van der Waals surface area contributed by atoms with Gasteiger partial charge >= 0.3 is 0 Å². The van der Waals surface area contributed by atoms with Gasteiger partial charge in [-0.15, -0.1) is 0 Å². The largest absolute Gasteiger partial charge is 0.497 e. The van der Waals surface area contributed by atoms with Crippen LogP contribution in [-0.2, 0) is 0 Å². The number of nitrogens with two attached hydrogens (primary N) is 1. The lowest BCUT2D eigenvalue weighted by atomic mass is 10.1. The van der Waals surface area contributed by atoms with E-state index in [0.29, 0.717) is 28.4 Å². The molecule has 104 valence electrons. The topological polar surface area (TPSA) is 73.6 Å². The molecule has 1 amide bonds. The number of carbonyl (C=O) groups excluding carboxylic acids is 1. The van der Waals surface area contributed by atoms with Gasteiger partial charge in [0.1, 0.15) is 11.5 Å². The summed E-state index contributed by atoms with van der Waals surface area (Å²) in [5.41, 5.74) is 7.27. The summed E-state index contributed by atoms with van der Waals surface area (Å²) in [7, 11) is 3.07. The van der Waals surface area contributed by atoms with Crippen LogP contribution in [0.5, 0.6) is 11.5 Å². The quantitative estimate of drug-likeness (QED) is 0.839. The molecule has 0 spiro atoms. The monoisotopic (exact) mass is 272 g/mol. The second-order valence-electron chi connectivity index (χ2n) is 4.15. The number of benzene rings is 2. The lowest BCUT2D eigenvalue weighted by Crippen LogP contribution is -2.13. The second kappa shape index (κ2) is 5.97. The van der Waals surface area contributed by atoms with Crippen LogP contribution in [0.25, 0.3) is 0 Å². The van der Waals surface area contributed by atoms with E-state index in [9.17, 15) is 4.79 Å². The molecule has 0 saturated heterocycles. The first-order valence-electron chi connectivity index (χ1n) is 6.03. The van der Waals surface area contributed by atoms with Gasteiger partial charge in [-0.3, -0.25) is 4.79 Å². The van der Waals surface area contributed by atoms with Gasteiger partial charge in [0.15, 0.2) is 0 Å². The van der Waals surface area contributed by atoms with E-state index < -0.39 is 0 Å². The van der Waals surface area contributed by atoms with E-state index >= 15 is 0 Å². The molecule has 0 saturated carbocycles. The van der Waals surface area contributed by atoms with Crippen LogP contribution >= 0.6 is 0 Å². The van der Waals surface area contributed by atoms with Crippen LogP contribution in [0, 0.1) is 0 Å². The first-order chi connectivity index (χ1) is 9.63. The van der Waals surface area contributed by atoms with Crippen molar-refractivity contribution in [2.75, 3.05) is 25.3 Å². The SMILES string of the molecule is COc1cccc(NC(=O)c2ccc(N)cc2OC)c1. The summed E-state index contributed by atoms with van der Waals surface area (Å²) in [6.45, 7) is 0. The molecule has 2 aromatic rings. The molecule has 5 heteroatoms. The average molecular weight is 272 g/mol. The number of ether oxygens (including phenoxy) is 2. The van der Waals surface area contributed by atoms with E-state index in [4.69, 9.17) is 15.2 Å². The molecular weight excluding hydrogens is 256 g/mol. The fraction of sp³-hybridized carbons (Fsp3) is 0.133. The summed E-state index contributed by atoms with van der Waals surface area (Å²) in [6.07, 6.45) is 0. The highest BCUT2D eigenvalue weighted by Crippen LogP contribution is 2.23. The predicted octanol–water partition coefficient (Wildman–Crippen LogP) is 2.54. The van der Waals surface area contributed by atoms with E-state index in [1.807, 2.05) is 0 Å². The zero-order chi connectivity index (χ0) is 14.5. The summed E-state index contributed by atoms with van der Waals surface area (Å²) in [4.78, 5) is 12.2. The molecular formula is C15H16N2O3. The molecule has 0 aliphatic rings. The fourth-order valence-corrected chi connectivity index (χ4v) is 1.79. The summed E-state index contributed by atoms with van der Waals surface area (Å²) in [5, 5.41) is 2.79. The molecule has 0 unspecified atom stereocenters. The van der Waals surface area contributed by atoms with E-state index in [2.05, 4.69) is 5.32 Å². The van der Waals surface area contributed by atoms with Gasteiger partial charge in [-0.2, -0.15) is 0 Å². The molecule has 0 aliphatic heterocycles. The Bertz CT molecular complexity index is 626. The Balaban J connectivity index is 2.23. The number of amides is 1. The Kier molecular flexibility index (Phi) is 4.10. The lowest BCUT2D eigenvalue weighted by Gasteiger charge is -2.10. The minimum absolute atomic E-state index is 0.268. The molecule has 5 nitrogen and oxygen atoms in total. The molecule has 0 bridgehead atoms. The summed E-state index contributed by atoms with van der Waals surface area (Å²) in [6, 6.07) is 12.0. The maximum atomic E-state index is 12.2. The maximum Gasteiger partial charge on any atom is 0.259 e. The van der Waals surface area contributed by atoms with Gasteiger partial charge in [0.2, 0.25) is 0 Å². The van der Waals surface area contributed by atoms with Gasteiger partial charge < -0.3 is 20.5 Å². The number of carbonyl (C=O) groups is 1. The summed E-state index contributed by atoms with van der Waals surface area (Å²) >= 11 is 0. The highest BCUT2D eigenvalue weighted by molar-refractivity contribution is 6.06. The second-order valence-corrected chi connectivity index (χ2v) is 4.15. The summed E-state index contributed by atoms with van der Waals surface area (Å²) in [5.74, 6) is 0.840. The minimum atomic E-state index is -0.268. The van der Waals surface area contributed by atoms with E-state index in [1.165, 1.54) is 7.11 Å². The van der Waals surface area contributed by atoms with Crippen LogP contribution < -0.4 is 20.5 Å². The predicted molar refractivity (Wildman–Crippen MR) is 78.4 cm³/mol. The van der Waals surface area contributed by atoms with Crippen LogP contribution in [0.1, 0.15) is 10.4 Å². The number of nitrogen functional groups attached to an aromatic ring is 1. The molecule has 0 radical (unpaired) electrons. The number of anilines is 2. The molecule has 0 atom stereocenters.